The van der Waals surface area contributed by atoms with Crippen molar-refractivity contribution in [1.29, 1.82) is 0 Å². The summed E-state index contributed by atoms with van der Waals surface area (Å²) in [5, 5.41) is 0. The van der Waals surface area contributed by atoms with E-state index < -0.39 is 0 Å². The highest BCUT2D eigenvalue weighted by Crippen LogP contribution is 2.26. The molecule has 0 fully saturated rings. The minimum Gasteiger partial charge on any atom is -0.349 e. The number of hydrogen-bond donors (Lipinski definition) is 1. The third-order valence-corrected chi connectivity index (χ3v) is 3.71. The topological polar surface area (TPSA) is 28.7 Å². The number of aromatic nitrogens is 2. The highest BCUT2D eigenvalue weighted by Gasteiger charge is 2.05. The Morgan fingerprint density at radius 3 is 2.47 bits per heavy atom. The Hall–Kier alpha value is -0.610. The van der Waals surface area contributed by atoms with Gasteiger partial charge < -0.3 is 4.98 Å². The summed E-state index contributed by atoms with van der Waals surface area (Å²) in [6.07, 6.45) is 5.53. The van der Waals surface area contributed by atoms with Gasteiger partial charge in [0.25, 0.3) is 0 Å². The van der Waals surface area contributed by atoms with Crippen molar-refractivity contribution in [2.24, 2.45) is 0 Å². The Morgan fingerprint density at radius 2 is 1.87 bits per heavy atom. The second-order valence-electron chi connectivity index (χ2n) is 3.24. The zero-order chi connectivity index (χ0) is 10.7. The molecule has 1 N–H and O–H groups in total. The molecule has 1 heterocycles. The molecule has 0 bridgehead atoms. The first-order valence-electron chi connectivity index (χ1n) is 4.68. The van der Waals surface area contributed by atoms with Crippen LogP contribution in [-0.2, 0) is 12.8 Å². The summed E-state index contributed by atoms with van der Waals surface area (Å²) in [5.74, 6) is 1.03. The van der Waals surface area contributed by atoms with E-state index in [1.807, 2.05) is 12.3 Å². The summed E-state index contributed by atoms with van der Waals surface area (Å²) in [7, 11) is 0. The van der Waals surface area contributed by atoms with Crippen molar-refractivity contribution in [2.45, 2.75) is 12.8 Å². The molecule has 0 radical (unpaired) electrons. The summed E-state index contributed by atoms with van der Waals surface area (Å²) in [4.78, 5) is 7.31. The van der Waals surface area contributed by atoms with Crippen molar-refractivity contribution >= 4 is 31.9 Å². The Bertz CT molecular complexity index is 418. The van der Waals surface area contributed by atoms with Crippen LogP contribution in [0.1, 0.15) is 11.4 Å². The van der Waals surface area contributed by atoms with Crippen molar-refractivity contribution in [1.82, 2.24) is 9.97 Å². The summed E-state index contributed by atoms with van der Waals surface area (Å²) >= 11 is 7.10. The maximum Gasteiger partial charge on any atom is 0.106 e. The van der Waals surface area contributed by atoms with E-state index in [1.165, 1.54) is 5.56 Å². The van der Waals surface area contributed by atoms with Crippen molar-refractivity contribution < 1.29 is 0 Å². The van der Waals surface area contributed by atoms with Gasteiger partial charge in [-0.3, -0.25) is 0 Å². The van der Waals surface area contributed by atoms with E-state index in [4.69, 9.17) is 0 Å². The second kappa shape index (κ2) is 4.94. The Balaban J connectivity index is 2.11. The van der Waals surface area contributed by atoms with Crippen molar-refractivity contribution in [3.05, 3.63) is 50.9 Å². The van der Waals surface area contributed by atoms with E-state index in [1.54, 1.807) is 6.20 Å². The van der Waals surface area contributed by atoms with Gasteiger partial charge in [0.1, 0.15) is 5.82 Å². The Kier molecular flexibility index (Phi) is 3.59. The number of aryl methyl sites for hydroxylation is 1. The summed E-state index contributed by atoms with van der Waals surface area (Å²) in [5.41, 5.74) is 1.29. The lowest BCUT2D eigenvalue weighted by Gasteiger charge is -2.05. The van der Waals surface area contributed by atoms with E-state index in [-0.39, 0.29) is 0 Å². The standard InChI is InChI=1S/C11H10Br2N2/c12-9-2-1-3-10(13)8(9)4-5-11-14-6-7-15-11/h1-3,6-7H,4-5H2,(H,14,15). The SMILES string of the molecule is Brc1cccc(Br)c1CCc1ncc[nH]1. The molecule has 0 spiro atoms. The monoisotopic (exact) mass is 328 g/mol. The second-order valence-corrected chi connectivity index (χ2v) is 4.94. The zero-order valence-electron chi connectivity index (χ0n) is 8.00. The number of aromatic amines is 1. The molecule has 1 aromatic heterocycles. The fourth-order valence-corrected chi connectivity index (χ4v) is 2.84. The van der Waals surface area contributed by atoms with E-state index in [2.05, 4.69) is 54.0 Å². The molecule has 0 unspecified atom stereocenters. The first-order valence-corrected chi connectivity index (χ1v) is 6.27. The van der Waals surface area contributed by atoms with Gasteiger partial charge in [-0.15, -0.1) is 0 Å². The minimum atomic E-state index is 0.925. The number of nitrogens with one attached hydrogen (secondary N) is 1. The number of benzene rings is 1. The summed E-state index contributed by atoms with van der Waals surface area (Å²) < 4.78 is 2.28. The molecule has 15 heavy (non-hydrogen) atoms. The van der Waals surface area contributed by atoms with E-state index >= 15 is 0 Å². The zero-order valence-corrected chi connectivity index (χ0v) is 11.2. The van der Waals surface area contributed by atoms with E-state index in [0.717, 1.165) is 27.6 Å². The highest BCUT2D eigenvalue weighted by atomic mass is 79.9. The molecule has 0 aliphatic carbocycles. The van der Waals surface area contributed by atoms with Gasteiger partial charge in [0.15, 0.2) is 0 Å². The first kappa shape index (κ1) is 10.9. The smallest absolute Gasteiger partial charge is 0.106 e. The molecule has 0 aliphatic heterocycles. The van der Waals surface area contributed by atoms with Gasteiger partial charge in [-0.1, -0.05) is 37.9 Å². The van der Waals surface area contributed by atoms with Crippen molar-refractivity contribution in [3.63, 3.8) is 0 Å². The molecule has 2 aromatic rings. The van der Waals surface area contributed by atoms with Crippen LogP contribution in [0.25, 0.3) is 0 Å². The molecule has 0 saturated carbocycles. The lowest BCUT2D eigenvalue weighted by Crippen LogP contribution is -1.95. The fraction of sp³-hybridized carbons (Fsp3) is 0.182. The van der Waals surface area contributed by atoms with Gasteiger partial charge in [0, 0.05) is 27.8 Å². The van der Waals surface area contributed by atoms with Crippen LogP contribution in [0.5, 0.6) is 0 Å². The molecule has 1 aromatic carbocycles. The molecule has 0 saturated heterocycles. The molecule has 4 heteroatoms. The number of hydrogen-bond acceptors (Lipinski definition) is 1. The quantitative estimate of drug-likeness (QED) is 0.913. The number of imidazole rings is 1. The van der Waals surface area contributed by atoms with Gasteiger partial charge in [-0.2, -0.15) is 0 Å². The van der Waals surface area contributed by atoms with Crippen LogP contribution in [0.15, 0.2) is 39.5 Å². The van der Waals surface area contributed by atoms with Gasteiger partial charge in [-0.05, 0) is 24.1 Å². The third-order valence-electron chi connectivity index (χ3n) is 2.23. The molecule has 0 aliphatic rings. The molecular formula is C11H10Br2N2. The average Bonchev–Trinajstić information content (AvgIpc) is 2.70. The largest absolute Gasteiger partial charge is 0.349 e. The normalized spacial score (nSPS) is 10.5. The molecule has 2 nitrogen and oxygen atoms in total. The lowest BCUT2D eigenvalue weighted by atomic mass is 10.1. The van der Waals surface area contributed by atoms with Crippen LogP contribution in [0, 0.1) is 0 Å². The van der Waals surface area contributed by atoms with Crippen LogP contribution in [0.4, 0.5) is 0 Å². The molecular weight excluding hydrogens is 320 g/mol. The fourth-order valence-electron chi connectivity index (χ4n) is 1.45. The molecule has 0 atom stereocenters. The van der Waals surface area contributed by atoms with Crippen molar-refractivity contribution in [2.75, 3.05) is 0 Å². The third kappa shape index (κ3) is 2.69. The van der Waals surface area contributed by atoms with Crippen LogP contribution >= 0.6 is 31.9 Å². The minimum absolute atomic E-state index is 0.925. The Morgan fingerprint density at radius 1 is 1.13 bits per heavy atom. The van der Waals surface area contributed by atoms with E-state index in [9.17, 15) is 0 Å². The van der Waals surface area contributed by atoms with Crippen LogP contribution in [0.2, 0.25) is 0 Å². The van der Waals surface area contributed by atoms with Crippen LogP contribution < -0.4 is 0 Å². The predicted octanol–water partition coefficient (Wildman–Crippen LogP) is 3.72. The van der Waals surface area contributed by atoms with Gasteiger partial charge in [0.05, 0.1) is 0 Å². The Labute approximate surface area is 105 Å². The predicted molar refractivity (Wildman–Crippen MR) is 67.8 cm³/mol. The number of rotatable bonds is 3. The number of nitrogens with zero attached hydrogens (tertiary/aromatic N) is 1. The first-order chi connectivity index (χ1) is 7.27. The maximum atomic E-state index is 4.20. The van der Waals surface area contributed by atoms with Crippen LogP contribution in [0.3, 0.4) is 0 Å². The van der Waals surface area contributed by atoms with Crippen molar-refractivity contribution in [3.8, 4) is 0 Å². The average molecular weight is 330 g/mol. The molecule has 0 amide bonds. The van der Waals surface area contributed by atoms with Gasteiger partial charge in [0.2, 0.25) is 0 Å². The summed E-state index contributed by atoms with van der Waals surface area (Å²) in [6, 6.07) is 6.13. The summed E-state index contributed by atoms with van der Waals surface area (Å²) in [6.45, 7) is 0. The number of halogens is 2. The number of H-pyrrole nitrogens is 1. The highest BCUT2D eigenvalue weighted by molar-refractivity contribution is 9.11. The van der Waals surface area contributed by atoms with Gasteiger partial charge >= 0.3 is 0 Å². The maximum absolute atomic E-state index is 4.20. The van der Waals surface area contributed by atoms with Gasteiger partial charge in [-0.25, -0.2) is 4.98 Å². The molecule has 2 rings (SSSR count). The molecule has 78 valence electrons. The van der Waals surface area contributed by atoms with Crippen LogP contribution in [-0.4, -0.2) is 9.97 Å². The lowest BCUT2D eigenvalue weighted by molar-refractivity contribution is 0.877. The van der Waals surface area contributed by atoms with E-state index in [0.29, 0.717) is 0 Å².